The molecule has 18 aromatic rings. The highest BCUT2D eigenvalue weighted by Gasteiger charge is 2.56. The lowest BCUT2D eigenvalue weighted by atomic mass is 9.66. The van der Waals surface area contributed by atoms with Crippen LogP contribution in [0.15, 0.2) is 322 Å². The first kappa shape index (κ1) is 70.2. The Morgan fingerprint density at radius 1 is 0.339 bits per heavy atom. The van der Waals surface area contributed by atoms with Gasteiger partial charge in [0.15, 0.2) is 0 Å². The van der Waals surface area contributed by atoms with Crippen LogP contribution in [0.4, 0.5) is 0 Å². The van der Waals surface area contributed by atoms with E-state index < -0.39 is 42.1 Å². The van der Waals surface area contributed by atoms with Crippen LogP contribution in [0.3, 0.4) is 0 Å². The Bertz CT molecular complexity index is 6830. The van der Waals surface area contributed by atoms with Crippen molar-refractivity contribution in [3.63, 3.8) is 0 Å². The van der Waals surface area contributed by atoms with Crippen LogP contribution >= 0.6 is 11.3 Å². The molecule has 3 fully saturated rings. The normalized spacial score (nSPS) is 17.7. The summed E-state index contributed by atoms with van der Waals surface area (Å²) < 4.78 is 33.2. The molecule has 0 spiro atoms. The van der Waals surface area contributed by atoms with Crippen LogP contribution in [0.1, 0.15) is 120 Å². The summed E-state index contributed by atoms with van der Waals surface area (Å²) in [5.41, 5.74) is 22.3. The zero-order valence-corrected chi connectivity index (χ0v) is 66.9. The highest BCUT2D eigenvalue weighted by Crippen LogP contribution is 2.59. The molecule has 0 N–H and O–H groups in total. The second kappa shape index (κ2) is 26.6. The number of rotatable bonds is 12. The first-order valence-electron chi connectivity index (χ1n) is 41.3. The predicted molar refractivity (Wildman–Crippen MR) is 484 cm³/mol. The van der Waals surface area contributed by atoms with Gasteiger partial charge < -0.3 is 23.2 Å². The van der Waals surface area contributed by atoms with Crippen molar-refractivity contribution in [2.75, 3.05) is 0 Å². The first-order valence-corrected chi connectivity index (χ1v) is 42.1. The second-order valence-corrected chi connectivity index (χ2v) is 35.6. The number of nitrogens with zero attached hydrogens (tertiary/aromatic N) is 1. The summed E-state index contributed by atoms with van der Waals surface area (Å²) in [6.45, 7) is 15.2. The van der Waals surface area contributed by atoms with Gasteiger partial charge in [-0.2, -0.15) is 0 Å². The summed E-state index contributed by atoms with van der Waals surface area (Å²) in [4.78, 5) is 0. The van der Waals surface area contributed by atoms with E-state index in [1.165, 1.54) is 195 Å². The maximum Gasteiger partial charge on any atom is 0.494 e. The van der Waals surface area contributed by atoms with Gasteiger partial charge in [0, 0.05) is 43.1 Å². The molecule has 115 heavy (non-hydrogen) atoms. The standard InChI is InChI=1S/C107H87B2NO4S/c1-103(2)104(3,4)112-108(111-103)77-55-58-81-91-61-70(52-59-95(91)110(96(81)65-77)78-36-18-11-19-37-78)99-86-42-24-26-44-88(86)100(89-45-27-25-43-87(89)99)71-53-60-97-92(62-71)90-46-28-31-73(102(90)115-97)66-106(7)105(5,6)113-109(114-106)76-54-57-80-79-56-51-72(63-93(79)107(94(80)64-76,74-32-14-9-15-33-74)75-34-16-10-17-35-75)101-84-40-22-20-38-82(84)98(83-39-21-23-41-85(83)101)69-49-47-68(48-50-69)67-29-12-8-13-30-67/h9-11,14-28,31-65,67H,8,12-13,29-30,66H2,1-7H3. The molecule has 0 radical (unpaired) electrons. The van der Waals surface area contributed by atoms with Crippen molar-refractivity contribution in [3.8, 4) is 61.3 Å². The monoisotopic (exact) mass is 1500 g/mol. The third-order valence-electron chi connectivity index (χ3n) is 27.3. The Morgan fingerprint density at radius 3 is 1.36 bits per heavy atom. The molecule has 2 aliphatic heterocycles. The Hall–Kier alpha value is -11.5. The highest BCUT2D eigenvalue weighted by atomic mass is 32.1. The van der Waals surface area contributed by atoms with Gasteiger partial charge in [-0.15, -0.1) is 11.3 Å². The van der Waals surface area contributed by atoms with Crippen LogP contribution in [-0.4, -0.2) is 41.2 Å². The van der Waals surface area contributed by atoms with E-state index in [0.29, 0.717) is 12.3 Å². The van der Waals surface area contributed by atoms with Gasteiger partial charge in [0.05, 0.1) is 38.9 Å². The maximum absolute atomic E-state index is 7.59. The van der Waals surface area contributed by atoms with Gasteiger partial charge in [-0.3, -0.25) is 0 Å². The molecule has 8 heteroatoms. The average Bonchev–Trinajstić information content (AvgIpc) is 1.60. The first-order chi connectivity index (χ1) is 56.1. The maximum atomic E-state index is 7.59. The molecule has 22 rings (SSSR count). The molecule has 4 aliphatic rings. The lowest BCUT2D eigenvalue weighted by molar-refractivity contribution is -0.00851. The largest absolute Gasteiger partial charge is 0.494 e. The van der Waals surface area contributed by atoms with Gasteiger partial charge in [0.1, 0.15) is 0 Å². The molecule has 4 heterocycles. The smallest absolute Gasteiger partial charge is 0.399 e. The van der Waals surface area contributed by atoms with Crippen molar-refractivity contribution in [3.05, 3.63) is 355 Å². The molecule has 16 aromatic carbocycles. The van der Waals surface area contributed by atoms with Gasteiger partial charge in [-0.1, -0.05) is 292 Å². The molecule has 0 bridgehead atoms. The van der Waals surface area contributed by atoms with E-state index in [-0.39, 0.29) is 0 Å². The fraction of sp³-hybridized carbons (Fsp3) is 0.178. The SMILES string of the molecule is CC1(C)OB(c2ccc3c4cc(-c5c6ccccc6c(-c6ccc7sc8c(CC9(C)OB(c%10ccc%11c(c%10)C(c%10ccccc%10)(c%10ccccc%10)c%10cc(-c%12c%13ccccc%13c(-c%13ccc(C%14CCCCC%14)cc%13)c%13ccccc%12%13)ccc%10-%11)OC9(C)C)cccc8c7c6)c6ccccc56)ccc4n(-c4ccccc4)c3c2)OC1(C)C. The van der Waals surface area contributed by atoms with E-state index in [1.54, 1.807) is 0 Å². The number of thiophene rings is 1. The van der Waals surface area contributed by atoms with Crippen molar-refractivity contribution < 1.29 is 18.6 Å². The van der Waals surface area contributed by atoms with Crippen molar-refractivity contribution >= 4 is 122 Å². The van der Waals surface area contributed by atoms with Crippen LogP contribution in [0.2, 0.25) is 0 Å². The fourth-order valence-electron chi connectivity index (χ4n) is 20.5. The lowest BCUT2D eigenvalue weighted by Crippen LogP contribution is -2.46. The Morgan fingerprint density at radius 2 is 0.783 bits per heavy atom. The number of para-hydroxylation sites is 1. The van der Waals surface area contributed by atoms with Crippen LogP contribution in [0, 0.1) is 0 Å². The molecule has 556 valence electrons. The second-order valence-electron chi connectivity index (χ2n) is 34.5. The molecule has 0 amide bonds. The van der Waals surface area contributed by atoms with E-state index >= 15 is 0 Å². The molecule has 1 atom stereocenters. The lowest BCUT2D eigenvalue weighted by Gasteiger charge is -2.36. The molecule has 1 unspecified atom stereocenters. The minimum Gasteiger partial charge on any atom is -0.399 e. The molecule has 2 saturated heterocycles. The number of benzene rings is 16. The van der Waals surface area contributed by atoms with E-state index in [1.807, 2.05) is 11.3 Å². The van der Waals surface area contributed by atoms with E-state index in [0.717, 1.165) is 27.6 Å². The quantitative estimate of drug-likeness (QED) is 0.0903. The van der Waals surface area contributed by atoms with Crippen LogP contribution in [0.25, 0.3) is 146 Å². The van der Waals surface area contributed by atoms with Gasteiger partial charge >= 0.3 is 14.2 Å². The van der Waals surface area contributed by atoms with Gasteiger partial charge in [-0.05, 0) is 259 Å². The summed E-state index contributed by atoms with van der Waals surface area (Å²) in [6.07, 6.45) is 7.24. The number of fused-ring (bicyclic) bond motifs is 13. The van der Waals surface area contributed by atoms with Crippen LogP contribution in [-0.2, 0) is 30.5 Å². The topological polar surface area (TPSA) is 41.9 Å². The van der Waals surface area contributed by atoms with E-state index in [9.17, 15) is 0 Å². The minimum absolute atomic E-state index is 0.457. The minimum atomic E-state index is -0.721. The van der Waals surface area contributed by atoms with Crippen molar-refractivity contribution in [1.29, 1.82) is 0 Å². The van der Waals surface area contributed by atoms with Gasteiger partial charge in [0.2, 0.25) is 0 Å². The number of aromatic nitrogens is 1. The Balaban J connectivity index is 0.610. The summed E-state index contributed by atoms with van der Waals surface area (Å²) in [7, 11) is -1.12. The summed E-state index contributed by atoms with van der Waals surface area (Å²) in [5.74, 6) is 0.653. The average molecular weight is 1500 g/mol. The van der Waals surface area contributed by atoms with E-state index in [2.05, 4.69) is 375 Å². The third kappa shape index (κ3) is 10.9. The van der Waals surface area contributed by atoms with Gasteiger partial charge in [0.25, 0.3) is 0 Å². The molecule has 2 aliphatic carbocycles. The van der Waals surface area contributed by atoms with Crippen molar-refractivity contribution in [2.24, 2.45) is 0 Å². The summed E-state index contributed by atoms with van der Waals surface area (Å²) in [6, 6.07) is 121. The molecule has 5 nitrogen and oxygen atoms in total. The predicted octanol–water partition coefficient (Wildman–Crippen LogP) is 26.7. The fourth-order valence-corrected chi connectivity index (χ4v) is 21.7. The molecular weight excluding hydrogens is 1420 g/mol. The summed E-state index contributed by atoms with van der Waals surface area (Å²) >= 11 is 1.88. The third-order valence-corrected chi connectivity index (χ3v) is 28.6. The number of hydrogen-bond acceptors (Lipinski definition) is 5. The molecule has 2 aromatic heterocycles. The zero-order valence-electron chi connectivity index (χ0n) is 66.1. The zero-order chi connectivity index (χ0) is 77.3. The Labute approximate surface area is 677 Å². The van der Waals surface area contributed by atoms with Crippen LogP contribution in [0.5, 0.6) is 0 Å². The van der Waals surface area contributed by atoms with Crippen molar-refractivity contribution in [1.82, 2.24) is 4.57 Å². The summed E-state index contributed by atoms with van der Waals surface area (Å²) in [5, 5.41) is 14.8. The number of hydrogen-bond donors (Lipinski definition) is 0. The van der Waals surface area contributed by atoms with E-state index in [4.69, 9.17) is 18.6 Å². The van der Waals surface area contributed by atoms with Crippen molar-refractivity contribution in [2.45, 2.75) is 121 Å². The highest BCUT2D eigenvalue weighted by molar-refractivity contribution is 7.26. The van der Waals surface area contributed by atoms with Crippen LogP contribution < -0.4 is 10.9 Å². The Kier molecular flexibility index (Phi) is 16.2. The molecular formula is C107H87B2NO4S. The van der Waals surface area contributed by atoms with Gasteiger partial charge in [-0.25, -0.2) is 0 Å². The molecule has 1 saturated carbocycles.